The SMILES string of the molecule is CCN(C)C.CCOC(C)=O. The van der Waals surface area contributed by atoms with Crippen LogP contribution in [-0.2, 0) is 9.53 Å². The molecule has 0 amide bonds. The van der Waals surface area contributed by atoms with Crippen molar-refractivity contribution in [1.82, 2.24) is 4.90 Å². The Morgan fingerprint density at radius 3 is 1.73 bits per heavy atom. The van der Waals surface area contributed by atoms with Crippen LogP contribution in [-0.4, -0.2) is 38.1 Å². The molecule has 11 heavy (non-hydrogen) atoms. The van der Waals surface area contributed by atoms with E-state index in [0.29, 0.717) is 6.61 Å². The molecule has 68 valence electrons. The number of nitrogens with zero attached hydrogens (tertiary/aromatic N) is 1. The Morgan fingerprint density at radius 2 is 1.73 bits per heavy atom. The van der Waals surface area contributed by atoms with Crippen LogP contribution in [0.4, 0.5) is 0 Å². The maximum absolute atomic E-state index is 9.82. The van der Waals surface area contributed by atoms with Crippen LogP contribution in [0.2, 0.25) is 0 Å². The molecule has 0 aromatic carbocycles. The van der Waals surface area contributed by atoms with E-state index in [1.54, 1.807) is 6.92 Å². The molecule has 0 fully saturated rings. The Hall–Kier alpha value is -0.570. The van der Waals surface area contributed by atoms with E-state index in [2.05, 4.69) is 30.7 Å². The molecule has 0 aliphatic heterocycles. The van der Waals surface area contributed by atoms with Crippen molar-refractivity contribution in [2.45, 2.75) is 20.8 Å². The third-order valence-electron chi connectivity index (χ3n) is 0.980. The first-order valence-corrected chi connectivity index (χ1v) is 3.82. The molecule has 0 N–H and O–H groups in total. The van der Waals surface area contributed by atoms with E-state index < -0.39 is 0 Å². The van der Waals surface area contributed by atoms with Crippen molar-refractivity contribution in [3.05, 3.63) is 0 Å². The van der Waals surface area contributed by atoms with Crippen LogP contribution in [0.15, 0.2) is 0 Å². The lowest BCUT2D eigenvalue weighted by Gasteiger charge is -2.00. The lowest BCUT2D eigenvalue weighted by molar-refractivity contribution is -0.140. The minimum atomic E-state index is -0.211. The fraction of sp³-hybridized carbons (Fsp3) is 0.875. The van der Waals surface area contributed by atoms with Gasteiger partial charge in [-0.05, 0) is 27.6 Å². The quantitative estimate of drug-likeness (QED) is 0.569. The maximum Gasteiger partial charge on any atom is 0.302 e. The molecule has 0 saturated carbocycles. The number of carbonyl (C=O) groups excluding carboxylic acids is 1. The zero-order valence-corrected chi connectivity index (χ0v) is 8.18. The summed E-state index contributed by atoms with van der Waals surface area (Å²) in [5.74, 6) is -0.211. The molecule has 0 atom stereocenters. The van der Waals surface area contributed by atoms with Crippen molar-refractivity contribution in [2.75, 3.05) is 27.2 Å². The highest BCUT2D eigenvalue weighted by atomic mass is 16.5. The van der Waals surface area contributed by atoms with Gasteiger partial charge in [-0.1, -0.05) is 6.92 Å². The van der Waals surface area contributed by atoms with Gasteiger partial charge in [0.05, 0.1) is 6.61 Å². The van der Waals surface area contributed by atoms with Gasteiger partial charge in [0, 0.05) is 6.92 Å². The zero-order valence-electron chi connectivity index (χ0n) is 8.18. The second-order valence-electron chi connectivity index (χ2n) is 2.32. The van der Waals surface area contributed by atoms with Crippen LogP contribution in [0, 0.1) is 0 Å². The van der Waals surface area contributed by atoms with E-state index >= 15 is 0 Å². The highest BCUT2D eigenvalue weighted by Crippen LogP contribution is 1.69. The summed E-state index contributed by atoms with van der Waals surface area (Å²) in [5, 5.41) is 0. The molecular weight excluding hydrogens is 142 g/mol. The van der Waals surface area contributed by atoms with Crippen LogP contribution in [0.1, 0.15) is 20.8 Å². The average Bonchev–Trinajstić information content (AvgIpc) is 1.89. The molecule has 0 heterocycles. The smallest absolute Gasteiger partial charge is 0.302 e. The molecule has 0 rings (SSSR count). The number of hydrogen-bond acceptors (Lipinski definition) is 3. The average molecular weight is 161 g/mol. The van der Waals surface area contributed by atoms with Gasteiger partial charge in [0.25, 0.3) is 0 Å². The fourth-order valence-corrected chi connectivity index (χ4v) is 0.203. The molecule has 3 nitrogen and oxygen atoms in total. The molecule has 0 aliphatic rings. The largest absolute Gasteiger partial charge is 0.466 e. The summed E-state index contributed by atoms with van der Waals surface area (Å²) in [7, 11) is 4.11. The van der Waals surface area contributed by atoms with Crippen molar-refractivity contribution in [2.24, 2.45) is 0 Å². The number of esters is 1. The van der Waals surface area contributed by atoms with Crippen molar-refractivity contribution < 1.29 is 9.53 Å². The van der Waals surface area contributed by atoms with Gasteiger partial charge in [0.15, 0.2) is 0 Å². The van der Waals surface area contributed by atoms with Gasteiger partial charge >= 0.3 is 5.97 Å². The molecule has 3 heteroatoms. The van der Waals surface area contributed by atoms with E-state index in [4.69, 9.17) is 0 Å². The van der Waals surface area contributed by atoms with E-state index in [-0.39, 0.29) is 5.97 Å². The van der Waals surface area contributed by atoms with Gasteiger partial charge in [-0.15, -0.1) is 0 Å². The molecule has 0 aromatic heterocycles. The minimum Gasteiger partial charge on any atom is -0.466 e. The molecule has 0 spiro atoms. The first kappa shape index (κ1) is 13.1. The lowest BCUT2D eigenvalue weighted by atomic mass is 10.7. The van der Waals surface area contributed by atoms with Gasteiger partial charge in [-0.25, -0.2) is 0 Å². The Labute approximate surface area is 69.3 Å². The minimum absolute atomic E-state index is 0.211. The van der Waals surface area contributed by atoms with Gasteiger partial charge in [0.1, 0.15) is 0 Å². The fourth-order valence-electron chi connectivity index (χ4n) is 0.203. The standard InChI is InChI=1S/C4H11N.C4H8O2/c1-4-5(2)3;1-3-6-4(2)5/h4H2,1-3H3;3H2,1-2H3. The van der Waals surface area contributed by atoms with Crippen LogP contribution in [0.3, 0.4) is 0 Å². The molecular formula is C8H19NO2. The number of ether oxygens (including phenoxy) is 1. The summed E-state index contributed by atoms with van der Waals surface area (Å²) in [5.41, 5.74) is 0. The molecule has 0 aliphatic carbocycles. The predicted octanol–water partition coefficient (Wildman–Crippen LogP) is 1.14. The van der Waals surface area contributed by atoms with Gasteiger partial charge < -0.3 is 9.64 Å². The summed E-state index contributed by atoms with van der Waals surface area (Å²) in [6, 6.07) is 0. The Kier molecular flexibility index (Phi) is 11.2. The first-order chi connectivity index (χ1) is 5.04. The van der Waals surface area contributed by atoms with Gasteiger partial charge in [-0.2, -0.15) is 0 Å². The van der Waals surface area contributed by atoms with Crippen molar-refractivity contribution >= 4 is 5.97 Å². The summed E-state index contributed by atoms with van der Waals surface area (Å²) in [6.45, 7) is 6.92. The Morgan fingerprint density at radius 1 is 1.36 bits per heavy atom. The Balaban J connectivity index is 0. The second kappa shape index (κ2) is 9.43. The Bertz CT molecular complexity index is 92.1. The molecule has 0 unspecified atom stereocenters. The number of carbonyl (C=O) groups is 1. The van der Waals surface area contributed by atoms with Crippen molar-refractivity contribution in [1.29, 1.82) is 0 Å². The molecule has 0 saturated heterocycles. The zero-order chi connectivity index (χ0) is 9.28. The monoisotopic (exact) mass is 161 g/mol. The topological polar surface area (TPSA) is 29.5 Å². The number of rotatable bonds is 2. The summed E-state index contributed by atoms with van der Waals surface area (Å²) in [4.78, 5) is 11.9. The van der Waals surface area contributed by atoms with Crippen LogP contribution < -0.4 is 0 Å². The second-order valence-corrected chi connectivity index (χ2v) is 2.32. The third kappa shape index (κ3) is 26.5. The summed E-state index contributed by atoms with van der Waals surface area (Å²) in [6.07, 6.45) is 0. The summed E-state index contributed by atoms with van der Waals surface area (Å²) < 4.78 is 4.40. The van der Waals surface area contributed by atoms with Crippen molar-refractivity contribution in [3.8, 4) is 0 Å². The highest BCUT2D eigenvalue weighted by molar-refractivity contribution is 5.65. The third-order valence-corrected chi connectivity index (χ3v) is 0.980. The van der Waals surface area contributed by atoms with E-state index in [9.17, 15) is 4.79 Å². The first-order valence-electron chi connectivity index (χ1n) is 3.82. The summed E-state index contributed by atoms with van der Waals surface area (Å²) >= 11 is 0. The van der Waals surface area contributed by atoms with Crippen LogP contribution in [0.5, 0.6) is 0 Å². The lowest BCUT2D eigenvalue weighted by Crippen LogP contribution is -2.08. The normalized spacial score (nSPS) is 8.55. The van der Waals surface area contributed by atoms with E-state index in [1.807, 2.05) is 0 Å². The van der Waals surface area contributed by atoms with Crippen LogP contribution >= 0.6 is 0 Å². The molecule has 0 bridgehead atoms. The van der Waals surface area contributed by atoms with E-state index in [1.165, 1.54) is 6.92 Å². The molecule has 0 aromatic rings. The van der Waals surface area contributed by atoms with Gasteiger partial charge in [-0.3, -0.25) is 4.79 Å². The number of hydrogen-bond donors (Lipinski definition) is 0. The highest BCUT2D eigenvalue weighted by Gasteiger charge is 1.81. The predicted molar refractivity (Wildman–Crippen MR) is 46.5 cm³/mol. The van der Waals surface area contributed by atoms with Gasteiger partial charge in [0.2, 0.25) is 0 Å². The van der Waals surface area contributed by atoms with Crippen molar-refractivity contribution in [3.63, 3.8) is 0 Å². The van der Waals surface area contributed by atoms with Crippen LogP contribution in [0.25, 0.3) is 0 Å². The maximum atomic E-state index is 9.82. The molecule has 0 radical (unpaired) electrons. The van der Waals surface area contributed by atoms with E-state index in [0.717, 1.165) is 6.54 Å².